The van der Waals surface area contributed by atoms with E-state index in [0.717, 1.165) is 24.1 Å². The fourth-order valence-electron chi connectivity index (χ4n) is 2.45. The number of hydrogen-bond donors (Lipinski definition) is 2. The molecule has 24 heavy (non-hydrogen) atoms. The first-order chi connectivity index (χ1) is 11.7. The molecule has 3 aromatic rings. The maximum absolute atomic E-state index is 11.9. The topological polar surface area (TPSA) is 88.5 Å². The molecule has 7 heteroatoms. The Kier molecular flexibility index (Phi) is 5.00. The van der Waals surface area contributed by atoms with Crippen LogP contribution >= 0.6 is 0 Å². The number of anilines is 1. The van der Waals surface area contributed by atoms with Crippen LogP contribution in [-0.2, 0) is 17.8 Å². The third kappa shape index (κ3) is 4.07. The van der Waals surface area contributed by atoms with Crippen LogP contribution in [0.5, 0.6) is 0 Å². The van der Waals surface area contributed by atoms with Gasteiger partial charge in [0.05, 0.1) is 18.4 Å². The van der Waals surface area contributed by atoms with Crippen molar-refractivity contribution in [3.05, 3.63) is 48.3 Å². The number of rotatable bonds is 7. The van der Waals surface area contributed by atoms with Gasteiger partial charge in [0, 0.05) is 18.7 Å². The number of amides is 1. The maximum Gasteiger partial charge on any atom is 0.227 e. The molecular formula is C17H20N6O. The number of aromatic nitrogens is 5. The van der Waals surface area contributed by atoms with E-state index in [4.69, 9.17) is 0 Å². The van der Waals surface area contributed by atoms with Crippen molar-refractivity contribution in [3.63, 3.8) is 0 Å². The highest BCUT2D eigenvalue weighted by molar-refractivity contribution is 5.90. The number of hydrogen-bond acceptors (Lipinski definition) is 4. The lowest BCUT2D eigenvalue weighted by Crippen LogP contribution is -2.15. The number of aryl methyl sites for hydroxylation is 2. The number of nitrogens with zero attached hydrogens (tertiary/aromatic N) is 4. The Hall–Kier alpha value is -2.96. The van der Waals surface area contributed by atoms with Crippen molar-refractivity contribution in [1.29, 1.82) is 0 Å². The van der Waals surface area contributed by atoms with Gasteiger partial charge in [-0.05, 0) is 17.5 Å². The molecule has 0 aliphatic heterocycles. The first-order valence-electron chi connectivity index (χ1n) is 8.03. The van der Waals surface area contributed by atoms with Crippen molar-refractivity contribution >= 4 is 11.7 Å². The highest BCUT2D eigenvalue weighted by Crippen LogP contribution is 2.20. The zero-order valence-electron chi connectivity index (χ0n) is 13.6. The average molecular weight is 324 g/mol. The second kappa shape index (κ2) is 7.54. The van der Waals surface area contributed by atoms with Gasteiger partial charge in [-0.1, -0.05) is 42.8 Å². The smallest absolute Gasteiger partial charge is 0.227 e. The zero-order chi connectivity index (χ0) is 16.8. The maximum atomic E-state index is 11.9. The summed E-state index contributed by atoms with van der Waals surface area (Å²) in [6, 6.07) is 10.2. The third-order valence-electron chi connectivity index (χ3n) is 3.69. The lowest BCUT2D eigenvalue weighted by atomic mass is 10.1. The van der Waals surface area contributed by atoms with Gasteiger partial charge in [0.15, 0.2) is 5.82 Å². The highest BCUT2D eigenvalue weighted by atomic mass is 16.1. The summed E-state index contributed by atoms with van der Waals surface area (Å²) in [5.41, 5.74) is 3.25. The second-order valence-electron chi connectivity index (χ2n) is 5.58. The van der Waals surface area contributed by atoms with Gasteiger partial charge in [0.25, 0.3) is 0 Å². The molecule has 0 atom stereocenters. The minimum absolute atomic E-state index is 0.109. The normalized spacial score (nSPS) is 10.7. The van der Waals surface area contributed by atoms with Gasteiger partial charge in [0.1, 0.15) is 0 Å². The van der Waals surface area contributed by atoms with Gasteiger partial charge in [-0.15, -0.1) is 5.10 Å². The number of nitrogens with one attached hydrogen (secondary N) is 2. The predicted molar refractivity (Wildman–Crippen MR) is 91.3 cm³/mol. The summed E-state index contributed by atoms with van der Waals surface area (Å²) in [4.78, 5) is 11.9. The highest BCUT2D eigenvalue weighted by Gasteiger charge is 2.08. The van der Waals surface area contributed by atoms with Gasteiger partial charge in [-0.3, -0.25) is 14.6 Å². The number of carbonyl (C=O) groups excluding carboxylic acids is 1. The summed E-state index contributed by atoms with van der Waals surface area (Å²) in [7, 11) is 0. The van der Waals surface area contributed by atoms with Crippen molar-refractivity contribution < 1.29 is 4.79 Å². The molecule has 2 heterocycles. The van der Waals surface area contributed by atoms with E-state index in [0.29, 0.717) is 18.8 Å². The summed E-state index contributed by atoms with van der Waals surface area (Å²) < 4.78 is 1.62. The summed E-state index contributed by atoms with van der Waals surface area (Å²) in [5.74, 6) is 0.410. The van der Waals surface area contributed by atoms with Gasteiger partial charge < -0.3 is 5.32 Å². The van der Waals surface area contributed by atoms with Crippen LogP contribution in [0.2, 0.25) is 0 Å². The quantitative estimate of drug-likeness (QED) is 0.699. The van der Waals surface area contributed by atoms with Gasteiger partial charge in [-0.25, -0.2) is 0 Å². The molecule has 0 radical (unpaired) electrons. The van der Waals surface area contributed by atoms with Crippen LogP contribution in [0.3, 0.4) is 0 Å². The van der Waals surface area contributed by atoms with Crippen LogP contribution in [0.1, 0.15) is 25.3 Å². The summed E-state index contributed by atoms with van der Waals surface area (Å²) in [6.45, 7) is 2.66. The Balaban J connectivity index is 1.57. The average Bonchev–Trinajstić information content (AvgIpc) is 3.26. The lowest BCUT2D eigenvalue weighted by molar-refractivity contribution is -0.116. The van der Waals surface area contributed by atoms with Crippen molar-refractivity contribution in [2.45, 2.75) is 32.7 Å². The van der Waals surface area contributed by atoms with E-state index in [9.17, 15) is 4.79 Å². The molecule has 7 nitrogen and oxygen atoms in total. The van der Waals surface area contributed by atoms with Crippen LogP contribution < -0.4 is 5.32 Å². The SMILES string of the molecule is CCCc1ccc(-c2cc(NC(=O)CCn3ccnn3)n[nH]2)cc1. The summed E-state index contributed by atoms with van der Waals surface area (Å²) in [6.07, 6.45) is 5.84. The standard InChI is InChI=1S/C17H20N6O/c1-2-3-13-4-6-14(7-5-13)15-12-16(21-20-15)19-17(24)8-10-23-11-9-18-22-23/h4-7,9,11-12H,2-3,8,10H2,1H3,(H2,19,20,21,24). The van der Waals surface area contributed by atoms with Crippen molar-refractivity contribution in [3.8, 4) is 11.3 Å². The molecule has 0 saturated heterocycles. The van der Waals surface area contributed by atoms with E-state index >= 15 is 0 Å². The second-order valence-corrected chi connectivity index (χ2v) is 5.58. The van der Waals surface area contributed by atoms with E-state index in [1.165, 1.54) is 5.56 Å². The Bertz CT molecular complexity index is 776. The van der Waals surface area contributed by atoms with E-state index in [2.05, 4.69) is 57.0 Å². The summed E-state index contributed by atoms with van der Waals surface area (Å²) in [5, 5.41) is 17.4. The molecule has 1 amide bonds. The molecule has 0 aliphatic rings. The number of benzene rings is 1. The monoisotopic (exact) mass is 324 g/mol. The Morgan fingerprint density at radius 1 is 1.29 bits per heavy atom. The fraction of sp³-hybridized carbons (Fsp3) is 0.294. The molecule has 0 aliphatic carbocycles. The van der Waals surface area contributed by atoms with Crippen LogP contribution in [0.25, 0.3) is 11.3 Å². The van der Waals surface area contributed by atoms with Gasteiger partial charge in [-0.2, -0.15) is 5.10 Å². The molecule has 124 valence electrons. The van der Waals surface area contributed by atoms with Gasteiger partial charge in [0.2, 0.25) is 5.91 Å². The van der Waals surface area contributed by atoms with E-state index in [1.807, 2.05) is 6.07 Å². The third-order valence-corrected chi connectivity index (χ3v) is 3.69. The van der Waals surface area contributed by atoms with Crippen molar-refractivity contribution in [2.75, 3.05) is 5.32 Å². The minimum atomic E-state index is -0.109. The molecule has 0 fully saturated rings. The fourth-order valence-corrected chi connectivity index (χ4v) is 2.45. The first-order valence-corrected chi connectivity index (χ1v) is 8.03. The molecule has 1 aromatic carbocycles. The van der Waals surface area contributed by atoms with Crippen LogP contribution in [-0.4, -0.2) is 31.1 Å². The van der Waals surface area contributed by atoms with Crippen LogP contribution in [0, 0.1) is 0 Å². The Morgan fingerprint density at radius 2 is 2.12 bits per heavy atom. The number of aromatic amines is 1. The predicted octanol–water partition coefficient (Wildman–Crippen LogP) is 2.65. The molecular weight excluding hydrogens is 304 g/mol. The molecule has 3 rings (SSSR count). The van der Waals surface area contributed by atoms with Gasteiger partial charge >= 0.3 is 0 Å². The van der Waals surface area contributed by atoms with Crippen LogP contribution in [0.4, 0.5) is 5.82 Å². The van der Waals surface area contributed by atoms with E-state index in [-0.39, 0.29) is 5.91 Å². The Labute approximate surface area is 140 Å². The number of H-pyrrole nitrogens is 1. The van der Waals surface area contributed by atoms with Crippen LogP contribution in [0.15, 0.2) is 42.7 Å². The molecule has 0 bridgehead atoms. The zero-order valence-corrected chi connectivity index (χ0v) is 13.6. The largest absolute Gasteiger partial charge is 0.309 e. The van der Waals surface area contributed by atoms with E-state index < -0.39 is 0 Å². The molecule has 0 saturated carbocycles. The Morgan fingerprint density at radius 3 is 2.83 bits per heavy atom. The lowest BCUT2D eigenvalue weighted by Gasteiger charge is -2.02. The summed E-state index contributed by atoms with van der Waals surface area (Å²) >= 11 is 0. The number of carbonyl (C=O) groups is 1. The minimum Gasteiger partial charge on any atom is -0.309 e. The molecule has 0 spiro atoms. The first kappa shape index (κ1) is 15.9. The molecule has 2 aromatic heterocycles. The molecule has 0 unspecified atom stereocenters. The van der Waals surface area contributed by atoms with Crippen molar-refractivity contribution in [1.82, 2.24) is 25.2 Å². The van der Waals surface area contributed by atoms with E-state index in [1.54, 1.807) is 17.1 Å². The van der Waals surface area contributed by atoms with Crippen molar-refractivity contribution in [2.24, 2.45) is 0 Å². The molecule has 2 N–H and O–H groups in total.